The largest absolute Gasteiger partial charge is 0.313 e. The zero-order valence-corrected chi connectivity index (χ0v) is 8.21. The molecule has 0 bridgehead atoms. The highest BCUT2D eigenvalue weighted by atomic mass is 19.1. The van der Waals surface area contributed by atoms with Crippen molar-refractivity contribution < 1.29 is 8.78 Å². The van der Waals surface area contributed by atoms with Crippen LogP contribution in [-0.4, -0.2) is 9.97 Å². The molecule has 0 saturated carbocycles. The second kappa shape index (κ2) is 4.22. The zero-order chi connectivity index (χ0) is 11.5. The molecule has 2 rings (SSSR count). The molecule has 0 spiro atoms. The van der Waals surface area contributed by atoms with Crippen molar-refractivity contribution in [2.75, 3.05) is 0 Å². The van der Waals surface area contributed by atoms with Gasteiger partial charge in [0.2, 0.25) is 0 Å². The Balaban J connectivity index is 2.38. The lowest BCUT2D eigenvalue weighted by Gasteiger charge is -2.03. The molecule has 1 aromatic heterocycles. The molecule has 2 aromatic rings. The minimum Gasteiger partial charge on any atom is -0.313 e. The summed E-state index contributed by atoms with van der Waals surface area (Å²) in [5.74, 6) is -1.27. The molecule has 0 unspecified atom stereocenters. The Morgan fingerprint density at radius 3 is 2.56 bits per heavy atom. The summed E-state index contributed by atoms with van der Waals surface area (Å²) >= 11 is 0. The molecule has 0 fully saturated rings. The Hall–Kier alpha value is -2.04. The molecule has 0 aliphatic rings. The van der Waals surface area contributed by atoms with Gasteiger partial charge in [0.05, 0.1) is 12.0 Å². The lowest BCUT2D eigenvalue weighted by Crippen LogP contribution is -2.08. The first-order valence-electron chi connectivity index (χ1n) is 4.63. The van der Waals surface area contributed by atoms with E-state index in [1.165, 1.54) is 30.6 Å². The number of nitrogens with one attached hydrogen (secondary N) is 1. The van der Waals surface area contributed by atoms with Crippen molar-refractivity contribution in [3.8, 4) is 0 Å². The van der Waals surface area contributed by atoms with Crippen molar-refractivity contribution in [1.82, 2.24) is 9.97 Å². The third kappa shape index (κ3) is 2.13. The minimum absolute atomic E-state index is 0.0393. The average Bonchev–Trinajstić information content (AvgIpc) is 2.24. The summed E-state index contributed by atoms with van der Waals surface area (Å²) in [6, 6.07) is 4.85. The van der Waals surface area contributed by atoms with Crippen LogP contribution in [0.25, 0.3) is 0 Å². The number of hydrogen-bond acceptors (Lipinski definition) is 2. The Labute approximate surface area is 89.8 Å². The van der Waals surface area contributed by atoms with E-state index in [2.05, 4.69) is 9.97 Å². The molecule has 1 N–H and O–H groups in total. The summed E-state index contributed by atoms with van der Waals surface area (Å²) in [6.45, 7) is 0. The number of benzene rings is 1. The Morgan fingerprint density at radius 2 is 1.94 bits per heavy atom. The third-order valence-corrected chi connectivity index (χ3v) is 2.15. The summed E-state index contributed by atoms with van der Waals surface area (Å²) in [4.78, 5) is 17.1. The number of aromatic nitrogens is 2. The highest BCUT2D eigenvalue weighted by molar-refractivity contribution is 5.24. The minimum atomic E-state index is -0.637. The van der Waals surface area contributed by atoms with Gasteiger partial charge in [-0.05, 0) is 12.1 Å². The second-order valence-electron chi connectivity index (χ2n) is 3.28. The van der Waals surface area contributed by atoms with E-state index in [0.29, 0.717) is 5.69 Å². The molecule has 0 saturated heterocycles. The van der Waals surface area contributed by atoms with E-state index in [1.54, 1.807) is 0 Å². The summed E-state index contributed by atoms with van der Waals surface area (Å²) in [5, 5.41) is 0. The Kier molecular flexibility index (Phi) is 2.76. The van der Waals surface area contributed by atoms with Gasteiger partial charge in [0, 0.05) is 18.1 Å². The van der Waals surface area contributed by atoms with Crippen molar-refractivity contribution in [1.29, 1.82) is 0 Å². The van der Waals surface area contributed by atoms with Crippen LogP contribution in [0.15, 0.2) is 35.4 Å². The van der Waals surface area contributed by atoms with Crippen LogP contribution < -0.4 is 5.56 Å². The highest BCUT2D eigenvalue weighted by Gasteiger charge is 2.09. The van der Waals surface area contributed by atoms with Gasteiger partial charge in [-0.2, -0.15) is 0 Å². The van der Waals surface area contributed by atoms with Crippen LogP contribution in [0.5, 0.6) is 0 Å². The monoisotopic (exact) mass is 222 g/mol. The standard InChI is InChI=1S/C11H8F2N2O/c12-9-2-1-3-10(13)8(9)4-7-5-11(16)15-6-14-7/h1-3,5-6H,4H2,(H,14,15,16). The predicted octanol–water partition coefficient (Wildman–Crippen LogP) is 1.64. The van der Waals surface area contributed by atoms with Gasteiger partial charge in [-0.25, -0.2) is 13.8 Å². The third-order valence-electron chi connectivity index (χ3n) is 2.15. The van der Waals surface area contributed by atoms with E-state index in [0.717, 1.165) is 0 Å². The molecule has 16 heavy (non-hydrogen) atoms. The molecule has 0 amide bonds. The number of hydrogen-bond donors (Lipinski definition) is 1. The fraction of sp³-hybridized carbons (Fsp3) is 0.0909. The van der Waals surface area contributed by atoms with Crippen LogP contribution >= 0.6 is 0 Å². The van der Waals surface area contributed by atoms with Crippen LogP contribution in [0.1, 0.15) is 11.3 Å². The maximum atomic E-state index is 13.3. The van der Waals surface area contributed by atoms with Gasteiger partial charge in [0.15, 0.2) is 0 Å². The van der Waals surface area contributed by atoms with Crippen molar-refractivity contribution >= 4 is 0 Å². The van der Waals surface area contributed by atoms with E-state index in [-0.39, 0.29) is 17.5 Å². The Bertz CT molecular complexity index is 546. The van der Waals surface area contributed by atoms with Gasteiger partial charge in [0.1, 0.15) is 11.6 Å². The van der Waals surface area contributed by atoms with Crippen LogP contribution in [0.2, 0.25) is 0 Å². The van der Waals surface area contributed by atoms with Gasteiger partial charge in [-0.15, -0.1) is 0 Å². The molecule has 3 nitrogen and oxygen atoms in total. The molecule has 1 aromatic carbocycles. The lowest BCUT2D eigenvalue weighted by atomic mass is 10.1. The number of halogens is 2. The smallest absolute Gasteiger partial charge is 0.250 e. The summed E-state index contributed by atoms with van der Waals surface area (Å²) in [5.41, 5.74) is -0.102. The van der Waals surface area contributed by atoms with Crippen molar-refractivity contribution in [3.63, 3.8) is 0 Å². The van der Waals surface area contributed by atoms with Gasteiger partial charge in [-0.1, -0.05) is 6.07 Å². The summed E-state index contributed by atoms with van der Waals surface area (Å²) in [6.07, 6.45) is 1.17. The Morgan fingerprint density at radius 1 is 1.25 bits per heavy atom. The van der Waals surface area contributed by atoms with Crippen LogP contribution in [0.4, 0.5) is 8.78 Å². The maximum Gasteiger partial charge on any atom is 0.250 e. The quantitative estimate of drug-likeness (QED) is 0.839. The first-order chi connectivity index (χ1) is 7.66. The molecular formula is C11H8F2N2O. The summed E-state index contributed by atoms with van der Waals surface area (Å²) < 4.78 is 26.6. The molecule has 1 heterocycles. The number of aromatic amines is 1. The zero-order valence-electron chi connectivity index (χ0n) is 8.21. The second-order valence-corrected chi connectivity index (χ2v) is 3.28. The molecule has 82 valence electrons. The van der Waals surface area contributed by atoms with Gasteiger partial charge >= 0.3 is 0 Å². The normalized spacial score (nSPS) is 10.4. The predicted molar refractivity (Wildman–Crippen MR) is 54.0 cm³/mol. The first kappa shape index (κ1) is 10.5. The number of H-pyrrole nitrogens is 1. The SMILES string of the molecule is O=c1cc(Cc2c(F)cccc2F)nc[nH]1. The number of rotatable bonds is 2. The molecular weight excluding hydrogens is 214 g/mol. The summed E-state index contributed by atoms with van der Waals surface area (Å²) in [7, 11) is 0. The van der Waals surface area contributed by atoms with E-state index >= 15 is 0 Å². The van der Waals surface area contributed by atoms with E-state index in [1.807, 2.05) is 0 Å². The molecule has 0 aliphatic heterocycles. The van der Waals surface area contributed by atoms with E-state index < -0.39 is 11.6 Å². The van der Waals surface area contributed by atoms with Gasteiger partial charge in [-0.3, -0.25) is 4.79 Å². The topological polar surface area (TPSA) is 45.8 Å². The first-order valence-corrected chi connectivity index (χ1v) is 4.63. The van der Waals surface area contributed by atoms with Gasteiger partial charge < -0.3 is 4.98 Å². The van der Waals surface area contributed by atoms with E-state index in [4.69, 9.17) is 0 Å². The highest BCUT2D eigenvalue weighted by Crippen LogP contribution is 2.14. The maximum absolute atomic E-state index is 13.3. The lowest BCUT2D eigenvalue weighted by molar-refractivity contribution is 0.560. The molecule has 0 atom stereocenters. The van der Waals surface area contributed by atoms with Crippen molar-refractivity contribution in [2.24, 2.45) is 0 Å². The van der Waals surface area contributed by atoms with Crippen LogP contribution in [0, 0.1) is 11.6 Å². The number of nitrogens with zero attached hydrogens (tertiary/aromatic N) is 1. The average molecular weight is 222 g/mol. The van der Waals surface area contributed by atoms with Crippen LogP contribution in [-0.2, 0) is 6.42 Å². The van der Waals surface area contributed by atoms with Crippen LogP contribution in [0.3, 0.4) is 0 Å². The molecule has 0 aliphatic carbocycles. The van der Waals surface area contributed by atoms with E-state index in [9.17, 15) is 13.6 Å². The fourth-order valence-electron chi connectivity index (χ4n) is 1.39. The molecule has 5 heteroatoms. The fourth-order valence-corrected chi connectivity index (χ4v) is 1.39. The van der Waals surface area contributed by atoms with Gasteiger partial charge in [0.25, 0.3) is 5.56 Å². The van der Waals surface area contributed by atoms with Crippen molar-refractivity contribution in [3.05, 3.63) is 63.8 Å². The molecule has 0 radical (unpaired) electrons. The van der Waals surface area contributed by atoms with Crippen molar-refractivity contribution in [2.45, 2.75) is 6.42 Å².